The predicted octanol–water partition coefficient (Wildman–Crippen LogP) is 2.16. The van der Waals surface area contributed by atoms with E-state index in [1.807, 2.05) is 0 Å². The molecule has 0 saturated heterocycles. The molecule has 1 aromatic rings. The number of nitriles is 1. The van der Waals surface area contributed by atoms with Gasteiger partial charge < -0.3 is 10.4 Å². The van der Waals surface area contributed by atoms with Crippen molar-refractivity contribution in [3.8, 4) is 6.07 Å². The first kappa shape index (κ1) is 13.5. The first-order valence-corrected chi connectivity index (χ1v) is 5.98. The summed E-state index contributed by atoms with van der Waals surface area (Å²) in [5, 5.41) is 22.0. The van der Waals surface area contributed by atoms with Crippen LogP contribution in [-0.4, -0.2) is 22.7 Å². The molecule has 4 nitrogen and oxygen atoms in total. The van der Waals surface area contributed by atoms with Crippen LogP contribution in [0.25, 0.3) is 0 Å². The lowest BCUT2D eigenvalue weighted by molar-refractivity contribution is 0.114. The SMILES string of the molecule is CCC(CC)C(O)CNc1cnccc1C#N. The Labute approximate surface area is 102 Å². The van der Waals surface area contributed by atoms with Gasteiger partial charge in [-0.1, -0.05) is 26.7 Å². The van der Waals surface area contributed by atoms with Gasteiger partial charge in [0.15, 0.2) is 0 Å². The normalized spacial score (nSPS) is 12.2. The highest BCUT2D eigenvalue weighted by atomic mass is 16.3. The van der Waals surface area contributed by atoms with Crippen LogP contribution < -0.4 is 5.32 Å². The lowest BCUT2D eigenvalue weighted by atomic mass is 9.96. The van der Waals surface area contributed by atoms with Crippen LogP contribution >= 0.6 is 0 Å². The molecule has 17 heavy (non-hydrogen) atoms. The van der Waals surface area contributed by atoms with Crippen molar-refractivity contribution >= 4 is 5.69 Å². The van der Waals surface area contributed by atoms with Gasteiger partial charge in [-0.2, -0.15) is 5.26 Å². The monoisotopic (exact) mass is 233 g/mol. The van der Waals surface area contributed by atoms with Crippen molar-refractivity contribution in [3.05, 3.63) is 24.0 Å². The number of nitrogens with one attached hydrogen (secondary N) is 1. The maximum absolute atomic E-state index is 9.97. The number of aliphatic hydroxyl groups is 1. The van der Waals surface area contributed by atoms with Crippen molar-refractivity contribution in [2.75, 3.05) is 11.9 Å². The maximum atomic E-state index is 9.97. The Bertz CT molecular complexity index is 382. The minimum atomic E-state index is -0.392. The molecule has 1 unspecified atom stereocenters. The van der Waals surface area contributed by atoms with Gasteiger partial charge in [0, 0.05) is 12.7 Å². The van der Waals surface area contributed by atoms with E-state index >= 15 is 0 Å². The second-order valence-corrected chi connectivity index (χ2v) is 4.06. The molecular weight excluding hydrogens is 214 g/mol. The van der Waals surface area contributed by atoms with Crippen LogP contribution in [0.1, 0.15) is 32.3 Å². The molecule has 2 N–H and O–H groups in total. The van der Waals surface area contributed by atoms with E-state index in [1.165, 1.54) is 0 Å². The number of aromatic nitrogens is 1. The van der Waals surface area contributed by atoms with Crippen LogP contribution in [0.2, 0.25) is 0 Å². The Morgan fingerprint density at radius 3 is 2.76 bits per heavy atom. The van der Waals surface area contributed by atoms with Gasteiger partial charge in [-0.3, -0.25) is 4.98 Å². The summed E-state index contributed by atoms with van der Waals surface area (Å²) in [5.74, 6) is 0.296. The van der Waals surface area contributed by atoms with E-state index in [-0.39, 0.29) is 0 Å². The average Bonchev–Trinajstić information content (AvgIpc) is 2.38. The molecule has 0 amide bonds. The number of nitrogens with zero attached hydrogens (tertiary/aromatic N) is 2. The van der Waals surface area contributed by atoms with E-state index in [0.29, 0.717) is 23.7 Å². The van der Waals surface area contributed by atoms with Gasteiger partial charge in [-0.05, 0) is 12.0 Å². The van der Waals surface area contributed by atoms with Gasteiger partial charge in [0.05, 0.1) is 23.6 Å². The summed E-state index contributed by atoms with van der Waals surface area (Å²) < 4.78 is 0. The van der Waals surface area contributed by atoms with Crippen LogP contribution in [0, 0.1) is 17.2 Å². The van der Waals surface area contributed by atoms with Crippen LogP contribution in [0.3, 0.4) is 0 Å². The average molecular weight is 233 g/mol. The van der Waals surface area contributed by atoms with Gasteiger partial charge in [0.1, 0.15) is 6.07 Å². The minimum absolute atomic E-state index is 0.296. The number of rotatable bonds is 6. The zero-order valence-electron chi connectivity index (χ0n) is 10.3. The fourth-order valence-electron chi connectivity index (χ4n) is 1.85. The van der Waals surface area contributed by atoms with Crippen molar-refractivity contribution in [1.82, 2.24) is 4.98 Å². The standard InChI is InChI=1S/C13H19N3O/c1-3-10(4-2)13(17)9-16-12-8-15-6-5-11(12)7-14/h5-6,8,10,13,16-17H,3-4,9H2,1-2H3. The Morgan fingerprint density at radius 1 is 1.47 bits per heavy atom. The highest BCUT2D eigenvalue weighted by Gasteiger charge is 2.15. The van der Waals surface area contributed by atoms with Crippen molar-refractivity contribution in [2.45, 2.75) is 32.8 Å². The molecule has 4 heteroatoms. The van der Waals surface area contributed by atoms with E-state index in [0.717, 1.165) is 12.8 Å². The molecule has 0 spiro atoms. The molecule has 1 atom stereocenters. The summed E-state index contributed by atoms with van der Waals surface area (Å²) in [4.78, 5) is 3.96. The Morgan fingerprint density at radius 2 is 2.18 bits per heavy atom. The molecule has 0 radical (unpaired) electrons. The van der Waals surface area contributed by atoms with Gasteiger partial charge in [0.2, 0.25) is 0 Å². The lowest BCUT2D eigenvalue weighted by Gasteiger charge is -2.21. The summed E-state index contributed by atoms with van der Waals surface area (Å²) in [6.07, 6.45) is 4.71. The van der Waals surface area contributed by atoms with E-state index in [4.69, 9.17) is 5.26 Å². The van der Waals surface area contributed by atoms with Gasteiger partial charge in [0.25, 0.3) is 0 Å². The van der Waals surface area contributed by atoms with Crippen LogP contribution in [0.4, 0.5) is 5.69 Å². The Kier molecular flexibility index (Phi) is 5.44. The molecule has 0 saturated carbocycles. The third kappa shape index (κ3) is 3.72. The summed E-state index contributed by atoms with van der Waals surface area (Å²) in [6, 6.07) is 3.75. The molecule has 1 aromatic heterocycles. The van der Waals surface area contributed by atoms with Gasteiger partial charge in [-0.15, -0.1) is 0 Å². The zero-order valence-corrected chi connectivity index (χ0v) is 10.3. The van der Waals surface area contributed by atoms with Gasteiger partial charge in [-0.25, -0.2) is 0 Å². The van der Waals surface area contributed by atoms with Crippen LogP contribution in [0.5, 0.6) is 0 Å². The number of aliphatic hydroxyl groups excluding tert-OH is 1. The molecule has 0 aliphatic heterocycles. The fraction of sp³-hybridized carbons (Fsp3) is 0.538. The van der Waals surface area contributed by atoms with Crippen LogP contribution in [-0.2, 0) is 0 Å². The van der Waals surface area contributed by atoms with Crippen molar-refractivity contribution in [3.63, 3.8) is 0 Å². The molecule has 0 aliphatic carbocycles. The molecule has 0 fully saturated rings. The highest BCUT2D eigenvalue weighted by Crippen LogP contribution is 2.16. The van der Waals surface area contributed by atoms with Crippen molar-refractivity contribution in [1.29, 1.82) is 5.26 Å². The smallest absolute Gasteiger partial charge is 0.101 e. The Hall–Kier alpha value is -1.60. The lowest BCUT2D eigenvalue weighted by Crippen LogP contribution is -2.27. The predicted molar refractivity (Wildman–Crippen MR) is 67.5 cm³/mol. The number of pyridine rings is 1. The number of hydrogen-bond donors (Lipinski definition) is 2. The van der Waals surface area contributed by atoms with E-state index in [1.54, 1.807) is 18.5 Å². The fourth-order valence-corrected chi connectivity index (χ4v) is 1.85. The van der Waals surface area contributed by atoms with Gasteiger partial charge >= 0.3 is 0 Å². The first-order chi connectivity index (χ1) is 8.22. The molecule has 0 aliphatic rings. The molecule has 1 heterocycles. The van der Waals surface area contributed by atoms with Crippen LogP contribution in [0.15, 0.2) is 18.5 Å². The Balaban J connectivity index is 2.58. The molecule has 92 valence electrons. The first-order valence-electron chi connectivity index (χ1n) is 5.98. The molecule has 1 rings (SSSR count). The summed E-state index contributed by atoms with van der Waals surface area (Å²) in [6.45, 7) is 4.59. The summed E-state index contributed by atoms with van der Waals surface area (Å²) >= 11 is 0. The zero-order chi connectivity index (χ0) is 12.7. The van der Waals surface area contributed by atoms with Crippen molar-refractivity contribution < 1.29 is 5.11 Å². The third-order valence-corrected chi connectivity index (χ3v) is 3.04. The topological polar surface area (TPSA) is 68.9 Å². The molecule has 0 aromatic carbocycles. The third-order valence-electron chi connectivity index (χ3n) is 3.04. The minimum Gasteiger partial charge on any atom is -0.391 e. The second kappa shape index (κ2) is 6.87. The number of anilines is 1. The quantitative estimate of drug-likeness (QED) is 0.790. The number of hydrogen-bond acceptors (Lipinski definition) is 4. The van der Waals surface area contributed by atoms with E-state index in [2.05, 4.69) is 30.2 Å². The highest BCUT2D eigenvalue weighted by molar-refractivity contribution is 5.55. The molecule has 0 bridgehead atoms. The summed E-state index contributed by atoms with van der Waals surface area (Å²) in [7, 11) is 0. The van der Waals surface area contributed by atoms with Crippen molar-refractivity contribution in [2.24, 2.45) is 5.92 Å². The van der Waals surface area contributed by atoms with E-state index in [9.17, 15) is 5.11 Å². The van der Waals surface area contributed by atoms with E-state index < -0.39 is 6.10 Å². The second-order valence-electron chi connectivity index (χ2n) is 4.06. The molecular formula is C13H19N3O. The largest absolute Gasteiger partial charge is 0.391 e. The summed E-state index contributed by atoms with van der Waals surface area (Å²) in [5.41, 5.74) is 1.23. The maximum Gasteiger partial charge on any atom is 0.101 e.